The molecule has 0 saturated carbocycles. The van der Waals surface area contributed by atoms with Crippen LogP contribution in [0.25, 0.3) is 0 Å². The molecule has 0 unspecified atom stereocenters. The Kier molecular flexibility index (Phi) is 5.25. The Hall–Kier alpha value is -1.79. The van der Waals surface area contributed by atoms with E-state index >= 15 is 0 Å². The van der Waals surface area contributed by atoms with Crippen molar-refractivity contribution in [2.24, 2.45) is 0 Å². The molecule has 0 fully saturated rings. The summed E-state index contributed by atoms with van der Waals surface area (Å²) in [7, 11) is 0. The molecule has 1 N–H and O–H groups in total. The van der Waals surface area contributed by atoms with Crippen molar-refractivity contribution < 1.29 is 4.79 Å². The number of anilines is 1. The molecule has 1 aromatic carbocycles. The number of benzene rings is 1. The highest BCUT2D eigenvalue weighted by Gasteiger charge is 2.12. The summed E-state index contributed by atoms with van der Waals surface area (Å²) in [5, 5.41) is 2.90. The Morgan fingerprint density at radius 1 is 1.41 bits per heavy atom. The lowest BCUT2D eigenvalue weighted by Crippen LogP contribution is -2.38. The monoisotopic (exact) mass is 230 g/mol. The van der Waals surface area contributed by atoms with Gasteiger partial charge in [-0.3, -0.25) is 10.1 Å². The van der Waals surface area contributed by atoms with Gasteiger partial charge in [-0.25, -0.2) is 0 Å². The van der Waals surface area contributed by atoms with Gasteiger partial charge in [0.2, 0.25) is 5.91 Å². The first-order valence-electron chi connectivity index (χ1n) is 5.70. The van der Waals surface area contributed by atoms with Crippen LogP contribution in [-0.4, -0.2) is 25.5 Å². The van der Waals surface area contributed by atoms with Gasteiger partial charge < -0.3 is 4.90 Å². The van der Waals surface area contributed by atoms with Crippen LogP contribution in [0.3, 0.4) is 0 Å². The fourth-order valence-electron chi connectivity index (χ4n) is 1.56. The molecule has 17 heavy (non-hydrogen) atoms. The van der Waals surface area contributed by atoms with Crippen LogP contribution >= 0.6 is 0 Å². The van der Waals surface area contributed by atoms with Crippen molar-refractivity contribution in [1.29, 1.82) is 0 Å². The molecule has 0 aromatic heterocycles. The highest BCUT2D eigenvalue weighted by atomic mass is 16.2. The third-order valence-electron chi connectivity index (χ3n) is 2.47. The fourth-order valence-corrected chi connectivity index (χ4v) is 1.56. The standard InChI is InChI=1S/C14H18N2O/c1-4-10-15-11-14(17)16(5-2)13-8-6-12(3)7-9-13/h1,6-9,15H,5,10-11H2,2-3H3. The van der Waals surface area contributed by atoms with Crippen molar-refractivity contribution in [1.82, 2.24) is 5.32 Å². The predicted molar refractivity (Wildman–Crippen MR) is 70.9 cm³/mol. The van der Waals surface area contributed by atoms with Gasteiger partial charge in [0, 0.05) is 12.2 Å². The predicted octanol–water partition coefficient (Wildman–Crippen LogP) is 1.57. The Labute approximate surface area is 103 Å². The number of likely N-dealkylation sites (N-methyl/N-ethyl adjacent to an activating group) is 1. The minimum Gasteiger partial charge on any atom is -0.312 e. The summed E-state index contributed by atoms with van der Waals surface area (Å²) in [4.78, 5) is 13.7. The molecule has 0 aliphatic rings. The number of hydrogen-bond donors (Lipinski definition) is 1. The maximum atomic E-state index is 11.9. The van der Waals surface area contributed by atoms with E-state index in [-0.39, 0.29) is 12.5 Å². The van der Waals surface area contributed by atoms with E-state index in [0.29, 0.717) is 13.1 Å². The van der Waals surface area contributed by atoms with Gasteiger partial charge in [-0.15, -0.1) is 6.42 Å². The summed E-state index contributed by atoms with van der Waals surface area (Å²) in [6, 6.07) is 7.91. The molecule has 3 nitrogen and oxygen atoms in total. The SMILES string of the molecule is C#CCNCC(=O)N(CC)c1ccc(C)cc1. The fraction of sp³-hybridized carbons (Fsp3) is 0.357. The van der Waals surface area contributed by atoms with E-state index in [4.69, 9.17) is 6.42 Å². The molecule has 0 aliphatic carbocycles. The van der Waals surface area contributed by atoms with Gasteiger partial charge in [0.1, 0.15) is 0 Å². The lowest BCUT2D eigenvalue weighted by molar-refractivity contribution is -0.117. The van der Waals surface area contributed by atoms with Crippen molar-refractivity contribution in [3.05, 3.63) is 29.8 Å². The first-order valence-corrected chi connectivity index (χ1v) is 5.70. The zero-order valence-corrected chi connectivity index (χ0v) is 10.4. The Bertz CT molecular complexity index is 403. The topological polar surface area (TPSA) is 32.3 Å². The Morgan fingerprint density at radius 3 is 2.59 bits per heavy atom. The largest absolute Gasteiger partial charge is 0.312 e. The molecule has 3 heteroatoms. The Morgan fingerprint density at radius 2 is 2.06 bits per heavy atom. The van der Waals surface area contributed by atoms with Crippen molar-refractivity contribution in [2.75, 3.05) is 24.5 Å². The Balaban J connectivity index is 2.67. The molecule has 0 aliphatic heterocycles. The molecule has 0 spiro atoms. The highest BCUT2D eigenvalue weighted by molar-refractivity contribution is 5.94. The van der Waals surface area contributed by atoms with Crippen LogP contribution in [0.15, 0.2) is 24.3 Å². The van der Waals surface area contributed by atoms with Gasteiger partial charge in [-0.1, -0.05) is 23.6 Å². The molecule has 1 rings (SSSR count). The van der Waals surface area contributed by atoms with E-state index in [0.717, 1.165) is 5.69 Å². The number of nitrogens with zero attached hydrogens (tertiary/aromatic N) is 1. The summed E-state index contributed by atoms with van der Waals surface area (Å²) in [5.41, 5.74) is 2.10. The molecule has 0 bridgehead atoms. The van der Waals surface area contributed by atoms with E-state index in [1.807, 2.05) is 38.1 Å². The molecule has 0 atom stereocenters. The zero-order valence-electron chi connectivity index (χ0n) is 10.4. The van der Waals surface area contributed by atoms with Gasteiger partial charge in [0.25, 0.3) is 0 Å². The number of rotatable bonds is 5. The second-order valence-electron chi connectivity index (χ2n) is 3.78. The summed E-state index contributed by atoms with van der Waals surface area (Å²) in [5.74, 6) is 2.48. The number of amides is 1. The van der Waals surface area contributed by atoms with E-state index < -0.39 is 0 Å². The number of carbonyl (C=O) groups is 1. The van der Waals surface area contributed by atoms with Gasteiger partial charge in [0.05, 0.1) is 13.1 Å². The molecule has 0 radical (unpaired) electrons. The molecular weight excluding hydrogens is 212 g/mol. The average molecular weight is 230 g/mol. The molecule has 0 heterocycles. The minimum absolute atomic E-state index is 0.0339. The van der Waals surface area contributed by atoms with Crippen LogP contribution in [-0.2, 0) is 4.79 Å². The zero-order chi connectivity index (χ0) is 12.7. The maximum Gasteiger partial charge on any atom is 0.240 e. The van der Waals surface area contributed by atoms with Crippen molar-refractivity contribution in [3.8, 4) is 12.3 Å². The second-order valence-corrected chi connectivity index (χ2v) is 3.78. The highest BCUT2D eigenvalue weighted by Crippen LogP contribution is 2.14. The number of nitrogens with one attached hydrogen (secondary N) is 1. The number of aryl methyl sites for hydroxylation is 1. The van der Waals surface area contributed by atoms with Gasteiger partial charge >= 0.3 is 0 Å². The van der Waals surface area contributed by atoms with Crippen LogP contribution < -0.4 is 10.2 Å². The van der Waals surface area contributed by atoms with Crippen molar-refractivity contribution in [3.63, 3.8) is 0 Å². The lowest BCUT2D eigenvalue weighted by Gasteiger charge is -2.21. The van der Waals surface area contributed by atoms with E-state index in [2.05, 4.69) is 11.2 Å². The molecule has 0 saturated heterocycles. The smallest absolute Gasteiger partial charge is 0.240 e. The van der Waals surface area contributed by atoms with Gasteiger partial charge in [-0.05, 0) is 26.0 Å². The molecule has 1 aromatic rings. The maximum absolute atomic E-state index is 11.9. The number of hydrogen-bond acceptors (Lipinski definition) is 2. The summed E-state index contributed by atoms with van der Waals surface area (Å²) in [6.07, 6.45) is 5.11. The van der Waals surface area contributed by atoms with E-state index in [9.17, 15) is 4.79 Å². The van der Waals surface area contributed by atoms with E-state index in [1.54, 1.807) is 4.90 Å². The normalized spacial score (nSPS) is 9.71. The van der Waals surface area contributed by atoms with Crippen LogP contribution in [0.4, 0.5) is 5.69 Å². The van der Waals surface area contributed by atoms with Crippen LogP contribution in [0.1, 0.15) is 12.5 Å². The summed E-state index contributed by atoms with van der Waals surface area (Å²) < 4.78 is 0. The van der Waals surface area contributed by atoms with Crippen LogP contribution in [0.2, 0.25) is 0 Å². The van der Waals surface area contributed by atoms with Crippen molar-refractivity contribution in [2.45, 2.75) is 13.8 Å². The molecular formula is C14H18N2O. The second kappa shape index (κ2) is 6.72. The number of terminal acetylenes is 1. The minimum atomic E-state index is 0.0339. The first-order chi connectivity index (χ1) is 8.19. The van der Waals surface area contributed by atoms with E-state index in [1.165, 1.54) is 5.56 Å². The van der Waals surface area contributed by atoms with Gasteiger partial charge in [-0.2, -0.15) is 0 Å². The number of carbonyl (C=O) groups excluding carboxylic acids is 1. The third kappa shape index (κ3) is 3.93. The lowest BCUT2D eigenvalue weighted by atomic mass is 10.2. The summed E-state index contributed by atoms with van der Waals surface area (Å²) >= 11 is 0. The molecule has 1 amide bonds. The van der Waals surface area contributed by atoms with Gasteiger partial charge in [0.15, 0.2) is 0 Å². The third-order valence-corrected chi connectivity index (χ3v) is 2.47. The first kappa shape index (κ1) is 13.3. The van der Waals surface area contributed by atoms with Crippen molar-refractivity contribution >= 4 is 11.6 Å². The quantitative estimate of drug-likeness (QED) is 0.615. The summed E-state index contributed by atoms with van der Waals surface area (Å²) in [6.45, 7) is 5.32. The van der Waals surface area contributed by atoms with Crippen LogP contribution in [0.5, 0.6) is 0 Å². The molecule has 90 valence electrons. The average Bonchev–Trinajstić information content (AvgIpc) is 2.33. The van der Waals surface area contributed by atoms with Crippen LogP contribution in [0, 0.1) is 19.3 Å².